The second-order valence-corrected chi connectivity index (χ2v) is 18.0. The monoisotopic (exact) mass is 778 g/mol. The zero-order valence-electron chi connectivity index (χ0n) is 34.7. The van der Waals surface area contributed by atoms with Crippen LogP contribution in [0.3, 0.4) is 0 Å². The highest BCUT2D eigenvalue weighted by atomic mass is 16.6. The van der Waals surface area contributed by atoms with E-state index in [4.69, 9.17) is 19.5 Å². The number of likely N-dealkylation sites (tertiary alicyclic amines) is 2. The van der Waals surface area contributed by atoms with Gasteiger partial charge in [-0.3, -0.25) is 19.9 Å². The molecular weight excluding hydrogens is 721 g/mol. The van der Waals surface area contributed by atoms with Gasteiger partial charge in [0.1, 0.15) is 28.7 Å². The molecule has 0 radical (unpaired) electrons. The summed E-state index contributed by atoms with van der Waals surface area (Å²) in [6.45, 7) is 14.8. The van der Waals surface area contributed by atoms with Crippen molar-refractivity contribution in [2.45, 2.75) is 140 Å². The van der Waals surface area contributed by atoms with Crippen LogP contribution in [0.15, 0.2) is 41.4 Å². The van der Waals surface area contributed by atoms with Crippen molar-refractivity contribution < 1.29 is 23.9 Å². The van der Waals surface area contributed by atoms with Crippen LogP contribution in [0.25, 0.3) is 11.0 Å². The maximum atomic E-state index is 13.8. The van der Waals surface area contributed by atoms with Crippen molar-refractivity contribution in [3.8, 4) is 11.8 Å². The van der Waals surface area contributed by atoms with E-state index in [1.807, 2.05) is 87.2 Å². The normalized spacial score (nSPS) is 21.6. The number of ether oxygens (including phenoxy) is 2. The number of carbonyl (C=O) groups is 3. The molecular formula is C44H58N8O5. The van der Waals surface area contributed by atoms with Crippen LogP contribution < -0.4 is 16.0 Å². The van der Waals surface area contributed by atoms with E-state index in [1.165, 1.54) is 0 Å². The van der Waals surface area contributed by atoms with Crippen LogP contribution in [0, 0.1) is 11.8 Å². The Morgan fingerprint density at radius 1 is 0.912 bits per heavy atom. The number of H-pyrrole nitrogens is 1. The summed E-state index contributed by atoms with van der Waals surface area (Å²) in [6, 6.07) is 11.5. The third-order valence-electron chi connectivity index (χ3n) is 11.0. The van der Waals surface area contributed by atoms with Crippen molar-refractivity contribution in [1.29, 1.82) is 0 Å². The number of rotatable bonds is 10. The van der Waals surface area contributed by atoms with Crippen molar-refractivity contribution in [2.24, 2.45) is 4.99 Å². The summed E-state index contributed by atoms with van der Waals surface area (Å²) in [5.74, 6) is 7.38. The molecule has 304 valence electrons. The molecule has 57 heavy (non-hydrogen) atoms. The Kier molecular flexibility index (Phi) is 10.9. The lowest BCUT2D eigenvalue weighted by Crippen LogP contribution is -2.54. The van der Waals surface area contributed by atoms with E-state index in [9.17, 15) is 14.4 Å². The predicted octanol–water partition coefficient (Wildman–Crippen LogP) is 6.70. The standard InChI is InChI=1S/C44H58N8O5/c1-28(56-41(2,3)4)49-43(19-20-43)38(53)51-23-9-11-31(51)27-46-34-25-29(15-17-32(34)45-8)13-14-30-16-18-33-35(26-30)48-37(47-33)36-12-10-24-52(36)39(54)44(21-22-44)50-40(55)57-42(5,6)7/h15-18,25-28,31,36,45,49H,9-12,19-24H2,1-8H3,(H,47,48)(H,50,55)/t28?,31-,36-/m0/s1. The fourth-order valence-electron chi connectivity index (χ4n) is 8.06. The van der Waals surface area contributed by atoms with Gasteiger partial charge in [0.25, 0.3) is 0 Å². The largest absolute Gasteiger partial charge is 0.444 e. The number of nitrogens with zero attached hydrogens (tertiary/aromatic N) is 4. The number of fused-ring (bicyclic) bond motifs is 1. The first-order chi connectivity index (χ1) is 27.0. The van der Waals surface area contributed by atoms with Gasteiger partial charge in [-0.15, -0.1) is 0 Å². The fraction of sp³-hybridized carbons (Fsp3) is 0.568. The Labute approximate surface area is 336 Å². The molecule has 2 saturated carbocycles. The highest BCUT2D eigenvalue weighted by molar-refractivity contribution is 5.94. The van der Waals surface area contributed by atoms with Gasteiger partial charge >= 0.3 is 6.09 Å². The van der Waals surface area contributed by atoms with Gasteiger partial charge in [-0.1, -0.05) is 11.8 Å². The summed E-state index contributed by atoms with van der Waals surface area (Å²) in [4.78, 5) is 57.2. The first kappa shape index (κ1) is 40.3. The van der Waals surface area contributed by atoms with E-state index in [-0.39, 0.29) is 35.7 Å². The molecule has 3 heterocycles. The highest BCUT2D eigenvalue weighted by Crippen LogP contribution is 2.43. The van der Waals surface area contributed by atoms with E-state index in [2.05, 4.69) is 32.8 Å². The van der Waals surface area contributed by atoms with E-state index >= 15 is 0 Å². The lowest BCUT2D eigenvalue weighted by molar-refractivity contribution is -0.138. The van der Waals surface area contributed by atoms with Crippen molar-refractivity contribution in [3.63, 3.8) is 0 Å². The van der Waals surface area contributed by atoms with Crippen molar-refractivity contribution >= 4 is 46.5 Å². The molecule has 4 N–H and O–H groups in total. The van der Waals surface area contributed by atoms with Gasteiger partial charge in [0.05, 0.1) is 40.1 Å². The third kappa shape index (κ3) is 9.29. The molecule has 3 amide bonds. The van der Waals surface area contributed by atoms with Gasteiger partial charge in [-0.2, -0.15) is 0 Å². The van der Waals surface area contributed by atoms with Crippen LogP contribution in [-0.2, 0) is 19.1 Å². The smallest absolute Gasteiger partial charge is 0.408 e. The maximum absolute atomic E-state index is 13.8. The van der Waals surface area contributed by atoms with Crippen LogP contribution in [0.5, 0.6) is 0 Å². The number of hydrogen-bond donors (Lipinski definition) is 4. The molecule has 4 aliphatic rings. The van der Waals surface area contributed by atoms with Gasteiger partial charge in [-0.05, 0) is 136 Å². The first-order valence-electron chi connectivity index (χ1n) is 20.4. The molecule has 0 spiro atoms. The molecule has 0 bridgehead atoms. The van der Waals surface area contributed by atoms with Gasteiger partial charge in [0, 0.05) is 37.5 Å². The number of alkyl carbamates (subject to hydrolysis) is 1. The van der Waals surface area contributed by atoms with Crippen LogP contribution in [0.4, 0.5) is 16.2 Å². The molecule has 2 aliphatic heterocycles. The number of amides is 3. The molecule has 4 fully saturated rings. The molecule has 2 saturated heterocycles. The average Bonchev–Trinajstić information content (AvgIpc) is 3.87. The zero-order valence-corrected chi connectivity index (χ0v) is 34.7. The Morgan fingerprint density at radius 3 is 2.23 bits per heavy atom. The number of imidazole rings is 1. The van der Waals surface area contributed by atoms with Gasteiger partial charge in [-0.25, -0.2) is 9.78 Å². The molecule has 3 atom stereocenters. The van der Waals surface area contributed by atoms with Crippen molar-refractivity contribution in [1.82, 2.24) is 30.4 Å². The quantitative estimate of drug-likeness (QED) is 0.101. The molecule has 3 aromatic rings. The Morgan fingerprint density at radius 2 is 1.56 bits per heavy atom. The number of aliphatic imine (C=N–C) groups is 1. The van der Waals surface area contributed by atoms with E-state index < -0.39 is 22.8 Å². The second kappa shape index (κ2) is 15.4. The van der Waals surface area contributed by atoms with E-state index in [0.29, 0.717) is 25.9 Å². The number of aromatic amines is 1. The molecule has 7 rings (SSSR count). The number of carbonyl (C=O) groups excluding carboxylic acids is 3. The molecule has 2 aromatic carbocycles. The summed E-state index contributed by atoms with van der Waals surface area (Å²) in [7, 11) is 1.87. The van der Waals surface area contributed by atoms with Crippen LogP contribution in [0.1, 0.15) is 123 Å². The third-order valence-corrected chi connectivity index (χ3v) is 11.0. The van der Waals surface area contributed by atoms with Crippen molar-refractivity contribution in [3.05, 3.63) is 53.3 Å². The topological polar surface area (TPSA) is 153 Å². The average molecular weight is 779 g/mol. The number of anilines is 1. The molecule has 13 nitrogen and oxygen atoms in total. The predicted molar refractivity (Wildman–Crippen MR) is 221 cm³/mol. The molecule has 2 aliphatic carbocycles. The van der Waals surface area contributed by atoms with E-state index in [0.717, 1.165) is 77.9 Å². The summed E-state index contributed by atoms with van der Waals surface area (Å²) in [5, 5.41) is 9.57. The van der Waals surface area contributed by atoms with Gasteiger partial charge < -0.3 is 34.9 Å². The lowest BCUT2D eigenvalue weighted by Gasteiger charge is -2.32. The van der Waals surface area contributed by atoms with Crippen LogP contribution in [-0.4, -0.2) is 98.6 Å². The van der Waals surface area contributed by atoms with E-state index in [1.54, 1.807) is 20.8 Å². The fourth-order valence-corrected chi connectivity index (χ4v) is 8.06. The van der Waals surface area contributed by atoms with Crippen LogP contribution >= 0.6 is 0 Å². The number of aromatic nitrogens is 2. The zero-order chi connectivity index (χ0) is 40.8. The lowest BCUT2D eigenvalue weighted by atomic mass is 10.1. The summed E-state index contributed by atoms with van der Waals surface area (Å²) >= 11 is 0. The number of hydrogen-bond acceptors (Lipinski definition) is 9. The Hall–Kier alpha value is -4.93. The second-order valence-electron chi connectivity index (χ2n) is 18.0. The minimum atomic E-state index is -0.913. The Bertz CT molecular complexity index is 2110. The number of benzene rings is 2. The number of nitrogens with one attached hydrogen (secondary N) is 4. The van der Waals surface area contributed by atoms with Crippen molar-refractivity contribution in [2.75, 3.05) is 25.5 Å². The molecule has 1 aromatic heterocycles. The molecule has 1 unspecified atom stereocenters. The minimum absolute atomic E-state index is 0.0823. The summed E-state index contributed by atoms with van der Waals surface area (Å²) < 4.78 is 11.5. The van der Waals surface area contributed by atoms with Gasteiger partial charge in [0.15, 0.2) is 0 Å². The summed E-state index contributed by atoms with van der Waals surface area (Å²) in [5.41, 5.74) is 2.49. The summed E-state index contributed by atoms with van der Waals surface area (Å²) in [6.07, 6.45) is 7.35. The van der Waals surface area contributed by atoms with Crippen LogP contribution in [0.2, 0.25) is 0 Å². The first-order valence-corrected chi connectivity index (χ1v) is 20.4. The minimum Gasteiger partial charge on any atom is -0.444 e. The molecule has 13 heteroatoms. The van der Waals surface area contributed by atoms with Gasteiger partial charge in [0.2, 0.25) is 11.8 Å². The Balaban J connectivity index is 1.02. The SMILES string of the molecule is CNc1ccc(C#Cc2ccc3nc([C@@H]4CCCN4C(=O)C4(NC(=O)OC(C)(C)C)CC4)[nH]c3c2)cc1N=C[C@@H]1CCCN1C(=O)C1(NC(C)OC(C)(C)C)CC1. The maximum Gasteiger partial charge on any atom is 0.408 e. The highest BCUT2D eigenvalue weighted by Gasteiger charge is 2.56.